The Labute approximate surface area is 194 Å². The first kappa shape index (κ1) is 23.8. The Kier molecular flexibility index (Phi) is 7.67. The summed E-state index contributed by atoms with van der Waals surface area (Å²) in [7, 11) is 1.57. The van der Waals surface area contributed by atoms with Gasteiger partial charge in [0.05, 0.1) is 12.0 Å². The van der Waals surface area contributed by atoms with Crippen LogP contribution in [0.25, 0.3) is 10.6 Å². The molecule has 1 heterocycles. The second-order valence-electron chi connectivity index (χ2n) is 7.27. The molecule has 2 unspecified atom stereocenters. The number of carbonyl (C=O) groups excluding carboxylic acids is 2. The van der Waals surface area contributed by atoms with E-state index < -0.39 is 22.8 Å². The number of nitrogens with zero attached hydrogens (tertiary/aromatic N) is 3. The molecule has 0 aliphatic rings. The van der Waals surface area contributed by atoms with Crippen molar-refractivity contribution in [2.24, 2.45) is 5.92 Å². The predicted octanol–water partition coefficient (Wildman–Crippen LogP) is 3.91. The zero-order valence-electron chi connectivity index (χ0n) is 18.3. The van der Waals surface area contributed by atoms with Crippen molar-refractivity contribution < 1.29 is 19.2 Å². The summed E-state index contributed by atoms with van der Waals surface area (Å²) in [5.41, 5.74) is 0.904. The molecule has 2 aromatic carbocycles. The summed E-state index contributed by atoms with van der Waals surface area (Å²) in [5, 5.41) is 25.3. The van der Waals surface area contributed by atoms with Crippen molar-refractivity contribution in [2.75, 3.05) is 12.4 Å². The molecule has 0 spiro atoms. The third-order valence-corrected chi connectivity index (χ3v) is 5.98. The Morgan fingerprint density at radius 1 is 1.18 bits per heavy atom. The lowest BCUT2D eigenvalue weighted by Gasteiger charge is -2.23. The van der Waals surface area contributed by atoms with E-state index in [2.05, 4.69) is 20.8 Å². The van der Waals surface area contributed by atoms with Crippen molar-refractivity contribution in [3.8, 4) is 16.3 Å². The Balaban J connectivity index is 1.72. The van der Waals surface area contributed by atoms with Crippen molar-refractivity contribution in [2.45, 2.75) is 26.3 Å². The fourth-order valence-corrected chi connectivity index (χ4v) is 3.73. The maximum Gasteiger partial charge on any atom is 0.269 e. The third-order valence-electron chi connectivity index (χ3n) is 5.09. The van der Waals surface area contributed by atoms with E-state index in [-0.39, 0.29) is 17.2 Å². The fraction of sp³-hybridized carbons (Fsp3) is 0.273. The van der Waals surface area contributed by atoms with E-state index in [1.165, 1.54) is 35.6 Å². The number of amides is 2. The Hall–Kier alpha value is -3.86. The number of rotatable bonds is 9. The maximum atomic E-state index is 13.0. The highest BCUT2D eigenvalue weighted by atomic mass is 32.1. The van der Waals surface area contributed by atoms with E-state index in [0.29, 0.717) is 22.3 Å². The van der Waals surface area contributed by atoms with Gasteiger partial charge in [-0.1, -0.05) is 43.7 Å². The van der Waals surface area contributed by atoms with Crippen molar-refractivity contribution >= 4 is 34.0 Å². The van der Waals surface area contributed by atoms with E-state index in [1.807, 2.05) is 38.1 Å². The van der Waals surface area contributed by atoms with Crippen LogP contribution >= 0.6 is 11.3 Å². The number of benzene rings is 2. The Bertz CT molecular complexity index is 1150. The monoisotopic (exact) mass is 469 g/mol. The first-order chi connectivity index (χ1) is 15.8. The molecule has 2 atom stereocenters. The van der Waals surface area contributed by atoms with E-state index in [1.54, 1.807) is 7.11 Å². The summed E-state index contributed by atoms with van der Waals surface area (Å²) < 4.78 is 5.22. The van der Waals surface area contributed by atoms with Crippen LogP contribution in [0.3, 0.4) is 0 Å². The van der Waals surface area contributed by atoms with Gasteiger partial charge in [0.1, 0.15) is 16.8 Å². The first-order valence-corrected chi connectivity index (χ1v) is 11.0. The summed E-state index contributed by atoms with van der Waals surface area (Å²) in [4.78, 5) is 35.9. The van der Waals surface area contributed by atoms with Crippen molar-refractivity contribution in [3.05, 3.63) is 64.2 Å². The molecule has 0 aliphatic carbocycles. The molecule has 10 nitrogen and oxygen atoms in total. The van der Waals surface area contributed by atoms with Gasteiger partial charge in [0.25, 0.3) is 11.6 Å². The summed E-state index contributed by atoms with van der Waals surface area (Å²) in [6.07, 6.45) is 0.643. The quantitative estimate of drug-likeness (QED) is 0.358. The normalized spacial score (nSPS) is 12.5. The van der Waals surface area contributed by atoms with Crippen molar-refractivity contribution in [1.29, 1.82) is 0 Å². The number of aromatic nitrogens is 2. The zero-order chi connectivity index (χ0) is 24.0. The standard InChI is InChI=1S/C22H23N5O5S/c1-4-13(2)18(23-19(28)14-8-10-16(11-9-14)27(30)31)20(29)24-22-26-25-21(33-22)15-6-5-7-17(12-15)32-3/h5-13,18H,4H2,1-3H3,(H,23,28)(H,24,26,29). The molecule has 0 aliphatic heterocycles. The van der Waals surface area contributed by atoms with Crippen LogP contribution in [0.15, 0.2) is 48.5 Å². The van der Waals surface area contributed by atoms with Gasteiger partial charge in [-0.25, -0.2) is 0 Å². The number of nitro benzene ring substituents is 1. The smallest absolute Gasteiger partial charge is 0.269 e. The lowest BCUT2D eigenvalue weighted by Crippen LogP contribution is -2.47. The molecule has 2 amide bonds. The number of non-ortho nitro benzene ring substituents is 1. The van der Waals surface area contributed by atoms with Gasteiger partial charge in [0.2, 0.25) is 11.0 Å². The van der Waals surface area contributed by atoms with Gasteiger partial charge in [0.15, 0.2) is 0 Å². The van der Waals surface area contributed by atoms with Crippen LogP contribution in [0.4, 0.5) is 10.8 Å². The number of carbonyl (C=O) groups is 2. The van der Waals surface area contributed by atoms with Crippen LogP contribution in [-0.4, -0.2) is 40.1 Å². The van der Waals surface area contributed by atoms with Gasteiger partial charge in [-0.05, 0) is 30.2 Å². The van der Waals surface area contributed by atoms with Crippen molar-refractivity contribution in [3.63, 3.8) is 0 Å². The van der Waals surface area contributed by atoms with Gasteiger partial charge in [-0.2, -0.15) is 0 Å². The van der Waals surface area contributed by atoms with Crippen LogP contribution in [0.1, 0.15) is 30.6 Å². The minimum Gasteiger partial charge on any atom is -0.497 e. The average molecular weight is 470 g/mol. The molecule has 11 heteroatoms. The number of hydrogen-bond donors (Lipinski definition) is 2. The van der Waals surface area contributed by atoms with Gasteiger partial charge < -0.3 is 10.1 Å². The Morgan fingerprint density at radius 3 is 2.55 bits per heavy atom. The number of hydrogen-bond acceptors (Lipinski definition) is 8. The second-order valence-corrected chi connectivity index (χ2v) is 8.25. The summed E-state index contributed by atoms with van der Waals surface area (Å²) in [5.74, 6) is -0.413. The second kappa shape index (κ2) is 10.6. The van der Waals surface area contributed by atoms with Crippen LogP contribution in [0.5, 0.6) is 5.75 Å². The summed E-state index contributed by atoms with van der Waals surface area (Å²) in [6, 6.07) is 11.7. The third kappa shape index (κ3) is 5.89. The summed E-state index contributed by atoms with van der Waals surface area (Å²) >= 11 is 1.20. The van der Waals surface area contributed by atoms with Gasteiger partial charge in [0, 0.05) is 23.3 Å². The van der Waals surface area contributed by atoms with Crippen LogP contribution in [0, 0.1) is 16.0 Å². The van der Waals surface area contributed by atoms with Crippen LogP contribution < -0.4 is 15.4 Å². The molecular formula is C22H23N5O5S. The van der Waals surface area contributed by atoms with E-state index in [0.717, 1.165) is 5.56 Å². The topological polar surface area (TPSA) is 136 Å². The molecule has 3 aromatic rings. The molecule has 2 N–H and O–H groups in total. The van der Waals surface area contributed by atoms with E-state index >= 15 is 0 Å². The highest BCUT2D eigenvalue weighted by Crippen LogP contribution is 2.29. The first-order valence-electron chi connectivity index (χ1n) is 10.2. The fourth-order valence-electron chi connectivity index (χ4n) is 2.99. The Morgan fingerprint density at radius 2 is 1.91 bits per heavy atom. The molecule has 3 rings (SSSR count). The van der Waals surface area contributed by atoms with E-state index in [9.17, 15) is 19.7 Å². The molecule has 0 saturated heterocycles. The predicted molar refractivity (Wildman–Crippen MR) is 124 cm³/mol. The minimum atomic E-state index is -0.832. The molecule has 0 fully saturated rings. The van der Waals surface area contributed by atoms with Crippen LogP contribution in [-0.2, 0) is 4.79 Å². The molecular weight excluding hydrogens is 446 g/mol. The SMILES string of the molecule is CCC(C)C(NC(=O)c1ccc([N+](=O)[O-])cc1)C(=O)Nc1nnc(-c2cccc(OC)c2)s1. The van der Waals surface area contributed by atoms with Crippen LogP contribution in [0.2, 0.25) is 0 Å². The lowest BCUT2D eigenvalue weighted by molar-refractivity contribution is -0.384. The zero-order valence-corrected chi connectivity index (χ0v) is 19.1. The average Bonchev–Trinajstić information content (AvgIpc) is 3.30. The van der Waals surface area contributed by atoms with Gasteiger partial charge in [-0.3, -0.25) is 25.0 Å². The molecule has 0 saturated carbocycles. The number of anilines is 1. The lowest BCUT2D eigenvalue weighted by atomic mass is 9.98. The number of nitro groups is 1. The molecule has 0 radical (unpaired) electrons. The van der Waals surface area contributed by atoms with Gasteiger partial charge in [-0.15, -0.1) is 10.2 Å². The molecule has 172 valence electrons. The maximum absolute atomic E-state index is 13.0. The summed E-state index contributed by atoms with van der Waals surface area (Å²) in [6.45, 7) is 3.76. The van der Waals surface area contributed by atoms with Gasteiger partial charge >= 0.3 is 0 Å². The van der Waals surface area contributed by atoms with E-state index in [4.69, 9.17) is 4.74 Å². The molecule has 1 aromatic heterocycles. The highest BCUT2D eigenvalue weighted by molar-refractivity contribution is 7.18. The molecule has 0 bridgehead atoms. The number of nitrogens with one attached hydrogen (secondary N) is 2. The highest BCUT2D eigenvalue weighted by Gasteiger charge is 2.27. The number of methoxy groups -OCH3 is 1. The minimum absolute atomic E-state index is 0.120. The largest absolute Gasteiger partial charge is 0.497 e. The molecule has 33 heavy (non-hydrogen) atoms. The number of ether oxygens (including phenoxy) is 1. The van der Waals surface area contributed by atoms with Crippen molar-refractivity contribution in [1.82, 2.24) is 15.5 Å².